The van der Waals surface area contributed by atoms with Crippen LogP contribution in [0.25, 0.3) is 0 Å². The number of morpholine rings is 1. The Hall–Kier alpha value is -0.770. The zero-order valence-corrected chi connectivity index (χ0v) is 11.0. The number of rotatable bonds is 4. The highest BCUT2D eigenvalue weighted by atomic mass is 35.5. The monoisotopic (exact) mass is 254 g/mol. The Kier molecular flexibility index (Phi) is 4.66. The average Bonchev–Trinajstić information content (AvgIpc) is 2.37. The molecule has 4 heteroatoms. The number of likely N-dealkylation sites (N-methyl/N-ethyl adjacent to an activating group) is 1. The molecule has 1 aromatic carbocycles. The lowest BCUT2D eigenvalue weighted by atomic mass is 10.1. The summed E-state index contributed by atoms with van der Waals surface area (Å²) in [5.74, 6) is 0. The Balaban J connectivity index is 2.07. The van der Waals surface area contributed by atoms with Gasteiger partial charge in [-0.05, 0) is 37.7 Å². The summed E-state index contributed by atoms with van der Waals surface area (Å²) in [4.78, 5) is 2.29. The third kappa shape index (κ3) is 3.35. The normalized spacial score (nSPS) is 16.2. The van der Waals surface area contributed by atoms with E-state index in [1.54, 1.807) is 0 Å². The van der Waals surface area contributed by atoms with Gasteiger partial charge >= 0.3 is 0 Å². The lowest BCUT2D eigenvalue weighted by Crippen LogP contribution is -2.36. The zero-order valence-electron chi connectivity index (χ0n) is 10.2. The Morgan fingerprint density at radius 1 is 1.35 bits per heavy atom. The van der Waals surface area contributed by atoms with Gasteiger partial charge in [0.25, 0.3) is 0 Å². The van der Waals surface area contributed by atoms with Gasteiger partial charge in [0.15, 0.2) is 0 Å². The summed E-state index contributed by atoms with van der Waals surface area (Å²) in [6.45, 7) is 4.41. The van der Waals surface area contributed by atoms with Crippen molar-refractivity contribution in [2.45, 2.75) is 6.42 Å². The van der Waals surface area contributed by atoms with Crippen LogP contribution in [0.3, 0.4) is 0 Å². The van der Waals surface area contributed by atoms with Crippen molar-refractivity contribution in [3.05, 3.63) is 28.8 Å². The smallest absolute Gasteiger partial charge is 0.0642 e. The molecule has 0 spiro atoms. The van der Waals surface area contributed by atoms with Gasteiger partial charge in [-0.1, -0.05) is 17.7 Å². The maximum absolute atomic E-state index is 6.34. The van der Waals surface area contributed by atoms with E-state index in [1.165, 1.54) is 5.56 Å². The number of ether oxygens (including phenoxy) is 1. The molecule has 1 aromatic rings. The van der Waals surface area contributed by atoms with Crippen LogP contribution in [-0.2, 0) is 11.2 Å². The molecule has 1 aliphatic rings. The number of hydrogen-bond acceptors (Lipinski definition) is 3. The fourth-order valence-corrected chi connectivity index (χ4v) is 2.36. The van der Waals surface area contributed by atoms with Crippen molar-refractivity contribution >= 4 is 17.3 Å². The highest BCUT2D eigenvalue weighted by Crippen LogP contribution is 2.27. The SMILES string of the molecule is CNCCc1ccc(N2CCOCC2)c(Cl)c1. The molecule has 0 bridgehead atoms. The number of nitrogens with one attached hydrogen (secondary N) is 1. The first-order valence-corrected chi connectivity index (χ1v) is 6.45. The van der Waals surface area contributed by atoms with Crippen LogP contribution in [0.1, 0.15) is 5.56 Å². The Labute approximate surface area is 108 Å². The van der Waals surface area contributed by atoms with Crippen LogP contribution in [-0.4, -0.2) is 39.9 Å². The predicted octanol–water partition coefficient (Wildman–Crippen LogP) is 1.94. The summed E-state index contributed by atoms with van der Waals surface area (Å²) < 4.78 is 5.34. The van der Waals surface area contributed by atoms with Gasteiger partial charge in [0.2, 0.25) is 0 Å². The molecule has 1 heterocycles. The zero-order chi connectivity index (χ0) is 12.1. The minimum atomic E-state index is 0.790. The van der Waals surface area contributed by atoms with Gasteiger partial charge in [-0.3, -0.25) is 0 Å². The van der Waals surface area contributed by atoms with E-state index < -0.39 is 0 Å². The summed E-state index contributed by atoms with van der Waals surface area (Å²) in [6.07, 6.45) is 1.01. The summed E-state index contributed by atoms with van der Waals surface area (Å²) in [5.41, 5.74) is 2.41. The summed E-state index contributed by atoms with van der Waals surface area (Å²) in [7, 11) is 1.96. The molecule has 2 rings (SSSR count). The maximum atomic E-state index is 6.34. The predicted molar refractivity (Wildman–Crippen MR) is 72.1 cm³/mol. The largest absolute Gasteiger partial charge is 0.378 e. The Bertz CT molecular complexity index is 364. The van der Waals surface area contributed by atoms with E-state index in [0.717, 1.165) is 50.0 Å². The molecule has 0 aliphatic carbocycles. The van der Waals surface area contributed by atoms with Crippen molar-refractivity contribution in [2.24, 2.45) is 0 Å². The molecule has 0 atom stereocenters. The second-order valence-corrected chi connectivity index (χ2v) is 4.65. The van der Waals surface area contributed by atoms with Crippen LogP contribution in [0.15, 0.2) is 18.2 Å². The molecule has 3 nitrogen and oxygen atoms in total. The van der Waals surface area contributed by atoms with Gasteiger partial charge in [-0.25, -0.2) is 0 Å². The standard InChI is InChI=1S/C13H19ClN2O/c1-15-5-4-11-2-3-13(12(14)10-11)16-6-8-17-9-7-16/h2-3,10,15H,4-9H2,1H3. The molecule has 17 heavy (non-hydrogen) atoms. The molecule has 0 saturated carbocycles. The number of benzene rings is 1. The van der Waals surface area contributed by atoms with Crippen molar-refractivity contribution in [2.75, 3.05) is 44.8 Å². The van der Waals surface area contributed by atoms with Crippen molar-refractivity contribution < 1.29 is 4.74 Å². The first-order valence-electron chi connectivity index (χ1n) is 6.07. The van der Waals surface area contributed by atoms with Gasteiger partial charge in [0.05, 0.1) is 23.9 Å². The number of hydrogen-bond donors (Lipinski definition) is 1. The van der Waals surface area contributed by atoms with Crippen LogP contribution in [0, 0.1) is 0 Å². The van der Waals surface area contributed by atoms with E-state index in [-0.39, 0.29) is 0 Å². The van der Waals surface area contributed by atoms with Crippen LogP contribution < -0.4 is 10.2 Å². The first kappa shape index (κ1) is 12.7. The van der Waals surface area contributed by atoms with Gasteiger partial charge in [-0.15, -0.1) is 0 Å². The van der Waals surface area contributed by atoms with Crippen LogP contribution in [0.5, 0.6) is 0 Å². The highest BCUT2D eigenvalue weighted by Gasteiger charge is 2.14. The highest BCUT2D eigenvalue weighted by molar-refractivity contribution is 6.33. The maximum Gasteiger partial charge on any atom is 0.0642 e. The van der Waals surface area contributed by atoms with E-state index in [2.05, 4.69) is 28.4 Å². The van der Waals surface area contributed by atoms with Gasteiger partial charge in [0.1, 0.15) is 0 Å². The van der Waals surface area contributed by atoms with Crippen molar-refractivity contribution in [1.29, 1.82) is 0 Å². The van der Waals surface area contributed by atoms with Gasteiger partial charge < -0.3 is 15.0 Å². The van der Waals surface area contributed by atoms with Gasteiger partial charge in [-0.2, -0.15) is 0 Å². The number of halogens is 1. The summed E-state index contributed by atoms with van der Waals surface area (Å²) in [6, 6.07) is 6.36. The van der Waals surface area contributed by atoms with Gasteiger partial charge in [0, 0.05) is 13.1 Å². The third-order valence-electron chi connectivity index (χ3n) is 3.03. The molecule has 1 aliphatic heterocycles. The third-order valence-corrected chi connectivity index (χ3v) is 3.33. The first-order chi connectivity index (χ1) is 8.31. The Morgan fingerprint density at radius 2 is 2.12 bits per heavy atom. The molecular formula is C13H19ClN2O. The van der Waals surface area contributed by atoms with E-state index in [1.807, 2.05) is 7.05 Å². The van der Waals surface area contributed by atoms with E-state index in [4.69, 9.17) is 16.3 Å². The molecule has 0 amide bonds. The minimum absolute atomic E-state index is 0.790. The summed E-state index contributed by atoms with van der Waals surface area (Å²) >= 11 is 6.34. The molecule has 94 valence electrons. The minimum Gasteiger partial charge on any atom is -0.378 e. The quantitative estimate of drug-likeness (QED) is 0.889. The topological polar surface area (TPSA) is 24.5 Å². The van der Waals surface area contributed by atoms with Crippen molar-refractivity contribution in [1.82, 2.24) is 5.32 Å². The fraction of sp³-hybridized carbons (Fsp3) is 0.538. The lowest BCUT2D eigenvalue weighted by molar-refractivity contribution is 0.122. The molecule has 1 N–H and O–H groups in total. The van der Waals surface area contributed by atoms with Crippen molar-refractivity contribution in [3.63, 3.8) is 0 Å². The molecule has 0 aromatic heterocycles. The molecule has 0 radical (unpaired) electrons. The van der Waals surface area contributed by atoms with E-state index in [0.29, 0.717) is 0 Å². The number of nitrogens with zero attached hydrogens (tertiary/aromatic N) is 1. The molecule has 1 saturated heterocycles. The fourth-order valence-electron chi connectivity index (χ4n) is 2.04. The number of anilines is 1. The van der Waals surface area contributed by atoms with Crippen LogP contribution >= 0.6 is 11.6 Å². The lowest BCUT2D eigenvalue weighted by Gasteiger charge is -2.29. The molecule has 0 unspecified atom stereocenters. The van der Waals surface area contributed by atoms with Crippen LogP contribution in [0.4, 0.5) is 5.69 Å². The summed E-state index contributed by atoms with van der Waals surface area (Å²) in [5, 5.41) is 3.99. The second-order valence-electron chi connectivity index (χ2n) is 4.24. The van der Waals surface area contributed by atoms with Crippen LogP contribution in [0.2, 0.25) is 5.02 Å². The average molecular weight is 255 g/mol. The second kappa shape index (κ2) is 6.24. The molecule has 1 fully saturated rings. The van der Waals surface area contributed by atoms with E-state index >= 15 is 0 Å². The van der Waals surface area contributed by atoms with Crippen molar-refractivity contribution in [3.8, 4) is 0 Å². The molecular weight excluding hydrogens is 236 g/mol. The Morgan fingerprint density at radius 3 is 2.76 bits per heavy atom. The van der Waals surface area contributed by atoms with E-state index in [9.17, 15) is 0 Å².